The molecule has 1 aromatic carbocycles. The number of anilines is 1. The molecule has 1 heterocycles. The number of carbonyl (C=O) groups is 1. The normalized spacial score (nSPS) is 9.28. The minimum Gasteiger partial charge on any atom is -0.463 e. The topological polar surface area (TPSA) is 65.5 Å². The molecule has 0 aliphatic heterocycles. The van der Waals surface area contributed by atoms with Gasteiger partial charge in [0.15, 0.2) is 0 Å². The van der Waals surface area contributed by atoms with Gasteiger partial charge in [0, 0.05) is 11.3 Å². The van der Waals surface area contributed by atoms with Crippen LogP contribution in [0.3, 0.4) is 0 Å². The molecule has 0 unspecified atom stereocenters. The summed E-state index contributed by atoms with van der Waals surface area (Å²) in [6.07, 6.45) is 0. The minimum atomic E-state index is -0.491. The van der Waals surface area contributed by atoms with Crippen molar-refractivity contribution in [3.8, 4) is 11.3 Å². The molecule has 0 fully saturated rings. The Morgan fingerprint density at radius 2 is 1.94 bits per heavy atom. The van der Waals surface area contributed by atoms with Gasteiger partial charge in [-0.15, -0.1) is 0 Å². The van der Waals surface area contributed by atoms with Gasteiger partial charge in [-0.1, -0.05) is 26.0 Å². The van der Waals surface area contributed by atoms with Crippen LogP contribution in [0.25, 0.3) is 11.3 Å². The lowest BCUT2D eigenvalue weighted by Crippen LogP contribution is -1.98. The molecule has 0 saturated carbocycles. The highest BCUT2D eigenvalue weighted by Gasteiger charge is 2.11. The standard InChI is InChI=1S/C12H11NO3.C2H6/c1-15-12(14)11-6-5-10(16-11)8-3-2-4-9(13)7-8;1-2/h2-7H,13H2,1H3;1-2H3. The number of ether oxygens (including phenoxy) is 1. The van der Waals surface area contributed by atoms with Crippen molar-refractivity contribution in [3.63, 3.8) is 0 Å². The second kappa shape index (κ2) is 6.49. The molecule has 0 amide bonds. The molecule has 2 N–H and O–H groups in total. The summed E-state index contributed by atoms with van der Waals surface area (Å²) in [5.41, 5.74) is 7.13. The van der Waals surface area contributed by atoms with Gasteiger partial charge in [-0.3, -0.25) is 0 Å². The highest BCUT2D eigenvalue weighted by atomic mass is 16.5. The van der Waals surface area contributed by atoms with E-state index in [4.69, 9.17) is 10.2 Å². The zero-order valence-corrected chi connectivity index (χ0v) is 10.8. The van der Waals surface area contributed by atoms with Gasteiger partial charge in [0.2, 0.25) is 5.76 Å². The first-order valence-corrected chi connectivity index (χ1v) is 5.75. The summed E-state index contributed by atoms with van der Waals surface area (Å²) in [6.45, 7) is 4.00. The Balaban J connectivity index is 0.000000771. The van der Waals surface area contributed by atoms with Crippen LogP contribution < -0.4 is 5.73 Å². The molecule has 2 rings (SSSR count). The number of methoxy groups -OCH3 is 1. The van der Waals surface area contributed by atoms with E-state index in [1.807, 2.05) is 26.0 Å². The molecule has 0 aliphatic carbocycles. The largest absolute Gasteiger partial charge is 0.463 e. The van der Waals surface area contributed by atoms with Gasteiger partial charge in [0.1, 0.15) is 5.76 Å². The number of benzene rings is 1. The maximum absolute atomic E-state index is 11.2. The second-order valence-corrected chi connectivity index (χ2v) is 3.28. The molecule has 0 bridgehead atoms. The van der Waals surface area contributed by atoms with Crippen molar-refractivity contribution in [2.24, 2.45) is 0 Å². The van der Waals surface area contributed by atoms with Crippen molar-refractivity contribution in [2.45, 2.75) is 13.8 Å². The van der Waals surface area contributed by atoms with E-state index >= 15 is 0 Å². The van der Waals surface area contributed by atoms with Crippen LogP contribution in [0.2, 0.25) is 0 Å². The number of nitrogens with two attached hydrogens (primary N) is 1. The fourth-order valence-corrected chi connectivity index (χ4v) is 1.40. The summed E-state index contributed by atoms with van der Waals surface area (Å²) in [5.74, 6) is 0.280. The Morgan fingerprint density at radius 1 is 1.22 bits per heavy atom. The average molecular weight is 247 g/mol. The first kappa shape index (κ1) is 13.8. The zero-order chi connectivity index (χ0) is 13.5. The van der Waals surface area contributed by atoms with Crippen molar-refractivity contribution in [1.29, 1.82) is 0 Å². The molecule has 4 heteroatoms. The van der Waals surface area contributed by atoms with Crippen LogP contribution in [-0.4, -0.2) is 13.1 Å². The highest BCUT2D eigenvalue weighted by molar-refractivity contribution is 5.87. The average Bonchev–Trinajstić information content (AvgIpc) is 2.90. The van der Waals surface area contributed by atoms with Crippen molar-refractivity contribution in [1.82, 2.24) is 0 Å². The molecule has 96 valence electrons. The van der Waals surface area contributed by atoms with E-state index in [2.05, 4.69) is 4.74 Å². The van der Waals surface area contributed by atoms with E-state index in [0.717, 1.165) is 5.56 Å². The molecule has 2 aromatic rings. The van der Waals surface area contributed by atoms with Crippen molar-refractivity contribution in [2.75, 3.05) is 12.8 Å². The third-order valence-corrected chi connectivity index (χ3v) is 2.16. The number of hydrogen-bond acceptors (Lipinski definition) is 4. The van der Waals surface area contributed by atoms with Crippen LogP contribution in [0.4, 0.5) is 5.69 Å². The van der Waals surface area contributed by atoms with E-state index < -0.39 is 5.97 Å². The SMILES string of the molecule is CC.COC(=O)c1ccc(-c2cccc(N)c2)o1. The molecule has 4 nitrogen and oxygen atoms in total. The molecule has 1 aromatic heterocycles. The first-order chi connectivity index (χ1) is 8.70. The Bertz CT molecular complexity index is 517. The predicted molar refractivity (Wildman–Crippen MR) is 71.2 cm³/mol. The van der Waals surface area contributed by atoms with Gasteiger partial charge in [0.05, 0.1) is 7.11 Å². The number of furan rings is 1. The Morgan fingerprint density at radius 3 is 2.56 bits per heavy atom. The number of hydrogen-bond donors (Lipinski definition) is 1. The number of carbonyl (C=O) groups excluding carboxylic acids is 1. The Hall–Kier alpha value is -2.23. The molecule has 18 heavy (non-hydrogen) atoms. The lowest BCUT2D eigenvalue weighted by Gasteiger charge is -1.98. The second-order valence-electron chi connectivity index (χ2n) is 3.28. The summed E-state index contributed by atoms with van der Waals surface area (Å²) in [4.78, 5) is 11.2. The van der Waals surface area contributed by atoms with E-state index in [9.17, 15) is 4.79 Å². The fraction of sp³-hybridized carbons (Fsp3) is 0.214. The molecule has 0 radical (unpaired) electrons. The summed E-state index contributed by atoms with van der Waals surface area (Å²) >= 11 is 0. The molecule has 0 aliphatic rings. The van der Waals surface area contributed by atoms with Gasteiger partial charge in [0.25, 0.3) is 0 Å². The van der Waals surface area contributed by atoms with Gasteiger partial charge < -0.3 is 14.9 Å². The van der Waals surface area contributed by atoms with Gasteiger partial charge in [-0.2, -0.15) is 0 Å². The van der Waals surface area contributed by atoms with Gasteiger partial charge >= 0.3 is 5.97 Å². The van der Waals surface area contributed by atoms with Crippen molar-refractivity contribution >= 4 is 11.7 Å². The summed E-state index contributed by atoms with van der Waals surface area (Å²) < 4.78 is 9.90. The van der Waals surface area contributed by atoms with E-state index in [0.29, 0.717) is 11.4 Å². The Labute approximate surface area is 106 Å². The quantitative estimate of drug-likeness (QED) is 0.653. The predicted octanol–water partition coefficient (Wildman–Crippen LogP) is 3.34. The first-order valence-electron chi connectivity index (χ1n) is 5.75. The van der Waals surface area contributed by atoms with Crippen LogP contribution in [0.15, 0.2) is 40.8 Å². The molecular formula is C14H17NO3. The van der Waals surface area contributed by atoms with Gasteiger partial charge in [-0.05, 0) is 24.3 Å². The van der Waals surface area contributed by atoms with E-state index in [-0.39, 0.29) is 5.76 Å². The third kappa shape index (κ3) is 3.13. The highest BCUT2D eigenvalue weighted by Crippen LogP contribution is 2.23. The maximum atomic E-state index is 11.2. The van der Waals surface area contributed by atoms with E-state index in [1.54, 1.807) is 24.3 Å². The maximum Gasteiger partial charge on any atom is 0.373 e. The monoisotopic (exact) mass is 247 g/mol. The van der Waals surface area contributed by atoms with Crippen LogP contribution in [0.1, 0.15) is 24.4 Å². The summed E-state index contributed by atoms with van der Waals surface area (Å²) in [5, 5.41) is 0. The van der Waals surface area contributed by atoms with Crippen LogP contribution in [0.5, 0.6) is 0 Å². The number of nitrogen functional groups attached to an aromatic ring is 1. The van der Waals surface area contributed by atoms with Crippen molar-refractivity contribution in [3.05, 3.63) is 42.2 Å². The zero-order valence-electron chi connectivity index (χ0n) is 10.8. The number of esters is 1. The smallest absolute Gasteiger partial charge is 0.373 e. The molecule has 0 spiro atoms. The van der Waals surface area contributed by atoms with Crippen LogP contribution >= 0.6 is 0 Å². The minimum absolute atomic E-state index is 0.180. The lowest BCUT2D eigenvalue weighted by atomic mass is 10.1. The summed E-state index contributed by atoms with van der Waals surface area (Å²) in [7, 11) is 1.31. The molecular weight excluding hydrogens is 230 g/mol. The van der Waals surface area contributed by atoms with Crippen LogP contribution in [-0.2, 0) is 4.74 Å². The third-order valence-electron chi connectivity index (χ3n) is 2.16. The molecule has 0 saturated heterocycles. The van der Waals surface area contributed by atoms with Gasteiger partial charge in [-0.25, -0.2) is 4.79 Å². The summed E-state index contributed by atoms with van der Waals surface area (Å²) in [6, 6.07) is 10.5. The fourth-order valence-electron chi connectivity index (χ4n) is 1.40. The van der Waals surface area contributed by atoms with Crippen LogP contribution in [0, 0.1) is 0 Å². The number of rotatable bonds is 2. The van der Waals surface area contributed by atoms with Crippen molar-refractivity contribution < 1.29 is 13.9 Å². The lowest BCUT2D eigenvalue weighted by molar-refractivity contribution is 0.0566. The Kier molecular flexibility index (Phi) is 4.99. The van der Waals surface area contributed by atoms with E-state index in [1.165, 1.54) is 7.11 Å². The molecule has 0 atom stereocenters.